The molecule has 2 amide bonds. The van der Waals surface area contributed by atoms with Crippen molar-refractivity contribution in [2.75, 3.05) is 16.9 Å². The highest BCUT2D eigenvalue weighted by molar-refractivity contribution is 7.90. The van der Waals surface area contributed by atoms with Crippen LogP contribution in [0.15, 0.2) is 77.7 Å². The molecule has 1 heterocycles. The third kappa shape index (κ3) is 5.78. The van der Waals surface area contributed by atoms with Crippen LogP contribution < -0.4 is 10.6 Å². The molecule has 0 bridgehead atoms. The molecule has 4 aromatic rings. The molecule has 0 atom stereocenters. The molecule has 0 unspecified atom stereocenters. The maximum atomic E-state index is 14.4. The van der Waals surface area contributed by atoms with Crippen LogP contribution >= 0.6 is 0 Å². The molecule has 0 saturated heterocycles. The fourth-order valence-electron chi connectivity index (χ4n) is 4.00. The Morgan fingerprint density at radius 1 is 0.789 bits per heavy atom. The van der Waals surface area contributed by atoms with E-state index in [4.69, 9.17) is 0 Å². The number of amides is 2. The van der Waals surface area contributed by atoms with Gasteiger partial charge in [-0.3, -0.25) is 9.59 Å². The number of anilines is 2. The highest BCUT2D eigenvalue weighted by Gasteiger charge is 2.27. The number of carbonyl (C=O) groups excluding carboxylic acids is 2. The number of aromatic nitrogens is 2. The lowest BCUT2D eigenvalue weighted by Crippen LogP contribution is -2.06. The van der Waals surface area contributed by atoms with Gasteiger partial charge in [0.15, 0.2) is 9.84 Å². The molecular formula is C27H24F2N4O4S. The zero-order chi connectivity index (χ0) is 27.6. The summed E-state index contributed by atoms with van der Waals surface area (Å²) in [7, 11) is -3.48. The van der Waals surface area contributed by atoms with E-state index in [1.54, 1.807) is 60.7 Å². The Hall–Kier alpha value is -4.38. The van der Waals surface area contributed by atoms with Crippen molar-refractivity contribution < 1.29 is 26.8 Å². The Kier molecular flexibility index (Phi) is 7.40. The lowest BCUT2D eigenvalue weighted by atomic mass is 9.98. The Balaban J connectivity index is 1.95. The number of rotatable bonds is 7. The van der Waals surface area contributed by atoms with Crippen molar-refractivity contribution in [1.29, 1.82) is 0 Å². The summed E-state index contributed by atoms with van der Waals surface area (Å²) in [5.41, 5.74) is 2.37. The van der Waals surface area contributed by atoms with E-state index in [1.165, 1.54) is 30.7 Å². The minimum absolute atomic E-state index is 0.0854. The van der Waals surface area contributed by atoms with Crippen molar-refractivity contribution in [1.82, 2.24) is 9.78 Å². The molecule has 0 spiro atoms. The van der Waals surface area contributed by atoms with Gasteiger partial charge in [0.1, 0.15) is 5.69 Å². The highest BCUT2D eigenvalue weighted by atomic mass is 32.2. The number of alkyl halides is 2. The quantitative estimate of drug-likeness (QED) is 0.325. The predicted molar refractivity (Wildman–Crippen MR) is 141 cm³/mol. The Morgan fingerprint density at radius 2 is 1.26 bits per heavy atom. The SMILES string of the molecule is CC(=O)Nc1ccc(-c2c(C(F)F)nn(-c3ccc(NC(C)=O)cc3)c2-c2ccc(S(C)(=O)=O)cc2)cc1. The van der Waals surface area contributed by atoms with Gasteiger partial charge in [0.2, 0.25) is 11.8 Å². The molecule has 38 heavy (non-hydrogen) atoms. The molecule has 8 nitrogen and oxygen atoms in total. The first kappa shape index (κ1) is 26.7. The third-order valence-electron chi connectivity index (χ3n) is 5.60. The van der Waals surface area contributed by atoms with E-state index in [0.29, 0.717) is 33.9 Å². The van der Waals surface area contributed by atoms with Gasteiger partial charge in [-0.15, -0.1) is 0 Å². The van der Waals surface area contributed by atoms with Crippen LogP contribution in [0.5, 0.6) is 0 Å². The molecule has 2 N–H and O–H groups in total. The zero-order valence-corrected chi connectivity index (χ0v) is 21.5. The summed E-state index contributed by atoms with van der Waals surface area (Å²) in [5.74, 6) is -0.526. The van der Waals surface area contributed by atoms with E-state index in [1.807, 2.05) is 0 Å². The van der Waals surface area contributed by atoms with Gasteiger partial charge in [-0.2, -0.15) is 5.10 Å². The fourth-order valence-corrected chi connectivity index (χ4v) is 4.63. The van der Waals surface area contributed by atoms with Crippen molar-refractivity contribution in [3.8, 4) is 28.1 Å². The summed E-state index contributed by atoms with van der Waals surface area (Å²) in [6, 6.07) is 18.8. The summed E-state index contributed by atoms with van der Waals surface area (Å²) in [4.78, 5) is 22.9. The first-order chi connectivity index (χ1) is 17.9. The molecule has 0 aliphatic rings. The van der Waals surface area contributed by atoms with E-state index < -0.39 is 22.0 Å². The van der Waals surface area contributed by atoms with Crippen molar-refractivity contribution in [3.05, 3.63) is 78.5 Å². The fraction of sp³-hybridized carbons (Fsp3) is 0.148. The summed E-state index contributed by atoms with van der Waals surface area (Å²) in [6.07, 6.45) is -1.84. The molecule has 4 rings (SSSR count). The second-order valence-corrected chi connectivity index (χ2v) is 10.6. The van der Waals surface area contributed by atoms with Crippen molar-refractivity contribution >= 4 is 33.0 Å². The summed E-state index contributed by atoms with van der Waals surface area (Å²) < 4.78 is 54.1. The van der Waals surface area contributed by atoms with E-state index in [2.05, 4.69) is 15.7 Å². The zero-order valence-electron chi connectivity index (χ0n) is 20.7. The molecule has 11 heteroatoms. The molecule has 0 fully saturated rings. The molecule has 196 valence electrons. The number of nitrogens with one attached hydrogen (secondary N) is 2. The lowest BCUT2D eigenvalue weighted by molar-refractivity contribution is -0.115. The number of carbonyl (C=O) groups is 2. The van der Waals surface area contributed by atoms with E-state index in [-0.39, 0.29) is 22.3 Å². The minimum Gasteiger partial charge on any atom is -0.326 e. The monoisotopic (exact) mass is 538 g/mol. The van der Waals surface area contributed by atoms with Gasteiger partial charge < -0.3 is 10.6 Å². The number of benzene rings is 3. The van der Waals surface area contributed by atoms with Crippen molar-refractivity contribution in [3.63, 3.8) is 0 Å². The van der Waals surface area contributed by atoms with Gasteiger partial charge in [0, 0.05) is 42.6 Å². The molecule has 0 saturated carbocycles. The normalized spacial score (nSPS) is 11.4. The van der Waals surface area contributed by atoms with Gasteiger partial charge in [-0.1, -0.05) is 24.3 Å². The summed E-state index contributed by atoms with van der Waals surface area (Å²) in [5, 5.41) is 9.55. The predicted octanol–water partition coefficient (Wildman–Crippen LogP) is 5.46. The van der Waals surface area contributed by atoms with Gasteiger partial charge in [-0.25, -0.2) is 21.9 Å². The Morgan fingerprint density at radius 3 is 1.71 bits per heavy atom. The second kappa shape index (κ2) is 10.5. The average molecular weight is 539 g/mol. The van der Waals surface area contributed by atoms with E-state index in [0.717, 1.165) is 6.26 Å². The first-order valence-electron chi connectivity index (χ1n) is 11.4. The van der Waals surface area contributed by atoms with Gasteiger partial charge in [0.05, 0.1) is 16.3 Å². The van der Waals surface area contributed by atoms with Crippen LogP contribution in [-0.4, -0.2) is 36.3 Å². The largest absolute Gasteiger partial charge is 0.326 e. The molecular weight excluding hydrogens is 514 g/mol. The molecule has 0 aliphatic carbocycles. The topological polar surface area (TPSA) is 110 Å². The van der Waals surface area contributed by atoms with Crippen LogP contribution in [0.3, 0.4) is 0 Å². The van der Waals surface area contributed by atoms with Crippen LogP contribution in [0.4, 0.5) is 20.2 Å². The second-order valence-electron chi connectivity index (χ2n) is 8.60. The van der Waals surface area contributed by atoms with E-state index >= 15 is 0 Å². The van der Waals surface area contributed by atoms with E-state index in [9.17, 15) is 26.8 Å². The average Bonchev–Trinajstić information content (AvgIpc) is 3.25. The van der Waals surface area contributed by atoms with Gasteiger partial charge in [0.25, 0.3) is 6.43 Å². The van der Waals surface area contributed by atoms with Crippen LogP contribution in [0.1, 0.15) is 26.0 Å². The third-order valence-corrected chi connectivity index (χ3v) is 6.73. The smallest absolute Gasteiger partial charge is 0.282 e. The number of halogens is 2. The maximum absolute atomic E-state index is 14.4. The molecule has 0 aliphatic heterocycles. The summed E-state index contributed by atoms with van der Waals surface area (Å²) in [6.45, 7) is 2.74. The first-order valence-corrected chi connectivity index (χ1v) is 13.3. The van der Waals surface area contributed by atoms with Gasteiger partial charge >= 0.3 is 0 Å². The van der Waals surface area contributed by atoms with Crippen molar-refractivity contribution in [2.45, 2.75) is 25.2 Å². The maximum Gasteiger partial charge on any atom is 0.282 e. The van der Waals surface area contributed by atoms with Crippen LogP contribution in [0.25, 0.3) is 28.1 Å². The van der Waals surface area contributed by atoms with Crippen LogP contribution in [0, 0.1) is 0 Å². The van der Waals surface area contributed by atoms with Crippen molar-refractivity contribution in [2.24, 2.45) is 0 Å². The van der Waals surface area contributed by atoms with Gasteiger partial charge in [-0.05, 0) is 54.1 Å². The highest BCUT2D eigenvalue weighted by Crippen LogP contribution is 2.41. The minimum atomic E-state index is -3.48. The number of hydrogen-bond acceptors (Lipinski definition) is 5. The Labute approximate surface area is 218 Å². The number of nitrogens with zero attached hydrogens (tertiary/aromatic N) is 2. The van der Waals surface area contributed by atoms with Crippen LogP contribution in [-0.2, 0) is 19.4 Å². The van der Waals surface area contributed by atoms with Crippen LogP contribution in [0.2, 0.25) is 0 Å². The lowest BCUT2D eigenvalue weighted by Gasteiger charge is -2.12. The number of sulfone groups is 1. The number of hydrogen-bond donors (Lipinski definition) is 2. The Bertz CT molecular complexity index is 1600. The molecule has 3 aromatic carbocycles. The molecule has 0 radical (unpaired) electrons. The summed E-state index contributed by atoms with van der Waals surface area (Å²) >= 11 is 0. The standard InChI is InChI=1S/C27H24F2N4O4S/c1-16(34)30-20-8-4-18(5-9-20)24-25(27(28)29)32-33(22-12-10-21(11-13-22)31-17(2)35)26(24)19-6-14-23(15-7-19)38(3,36)37/h4-15,27H,1-3H3,(H,30,34)(H,31,35). The molecule has 1 aromatic heterocycles.